The molecule has 66 valence electrons. The van der Waals surface area contributed by atoms with Crippen molar-refractivity contribution in [2.24, 2.45) is 5.73 Å². The van der Waals surface area contributed by atoms with Gasteiger partial charge in [0.05, 0.1) is 5.97 Å². The molecule has 0 aliphatic carbocycles. The Labute approximate surface area is 155 Å². The van der Waals surface area contributed by atoms with Crippen LogP contribution in [0.3, 0.4) is 0 Å². The largest absolute Gasteiger partial charge is 1.00 e. The molecule has 0 aromatic carbocycles. The van der Waals surface area contributed by atoms with Crippen LogP contribution in [0.4, 0.5) is 0 Å². The van der Waals surface area contributed by atoms with Crippen molar-refractivity contribution in [3.05, 3.63) is 0 Å². The molecule has 0 heterocycles. The van der Waals surface area contributed by atoms with E-state index in [9.17, 15) is 19.8 Å². The van der Waals surface area contributed by atoms with Gasteiger partial charge in [-0.2, -0.15) is 0 Å². The fraction of sp³-hybridized carbons (Fsp3) is 0.600. The molecule has 14 heavy (non-hydrogen) atoms. The van der Waals surface area contributed by atoms with Crippen molar-refractivity contribution in [3.63, 3.8) is 0 Å². The Hall–Kier alpha value is 2.19. The number of nitrogens with two attached hydrogens (primary N) is 1. The quantitative estimate of drug-likeness (QED) is 0.498. The van der Waals surface area contributed by atoms with E-state index in [1.54, 1.807) is 0 Å². The third kappa shape index (κ3) is 19.7. The van der Waals surface area contributed by atoms with Crippen molar-refractivity contribution in [2.45, 2.75) is 18.9 Å². The number of hydrogen-bond acceptors (Lipinski definition) is 5. The SMILES string of the molecule is N[C@@H](CCC(=O)[O-])C(=O)[O-].[Cl-].[Na+].[Na+].[Na+]. The van der Waals surface area contributed by atoms with Crippen LogP contribution < -0.4 is 117 Å². The molecule has 0 aliphatic rings. The Morgan fingerprint density at radius 1 is 1.14 bits per heavy atom. The van der Waals surface area contributed by atoms with E-state index in [1.165, 1.54) is 0 Å². The summed E-state index contributed by atoms with van der Waals surface area (Å²) in [6.07, 6.45) is -0.500. The van der Waals surface area contributed by atoms with Gasteiger partial charge in [-0.1, -0.05) is 0 Å². The van der Waals surface area contributed by atoms with Gasteiger partial charge in [0.15, 0.2) is 0 Å². The maximum absolute atomic E-state index is 9.86. The third-order valence-electron chi connectivity index (χ3n) is 0.962. The molecular weight excluding hydrogens is 242 g/mol. The van der Waals surface area contributed by atoms with Gasteiger partial charge in [-0.3, -0.25) is 0 Å². The minimum Gasteiger partial charge on any atom is -1.00 e. The van der Waals surface area contributed by atoms with Gasteiger partial charge in [0, 0.05) is 12.0 Å². The first kappa shape index (κ1) is 29.8. The van der Waals surface area contributed by atoms with Crippen molar-refractivity contribution in [2.75, 3.05) is 0 Å². The van der Waals surface area contributed by atoms with E-state index >= 15 is 0 Å². The molecule has 0 unspecified atom stereocenters. The van der Waals surface area contributed by atoms with Crippen LogP contribution in [0.25, 0.3) is 0 Å². The fourth-order valence-electron chi connectivity index (χ4n) is 0.391. The van der Waals surface area contributed by atoms with E-state index in [0.29, 0.717) is 0 Å². The summed E-state index contributed by atoms with van der Waals surface area (Å²) in [5, 5.41) is 19.6. The average molecular weight is 250 g/mol. The number of rotatable bonds is 4. The Morgan fingerprint density at radius 2 is 1.50 bits per heavy atom. The molecule has 0 aromatic rings. The number of carboxylic acid groups (broad SMARTS) is 2. The Balaban J connectivity index is -0.0000000675. The van der Waals surface area contributed by atoms with E-state index < -0.39 is 18.0 Å². The van der Waals surface area contributed by atoms with E-state index in [1.807, 2.05) is 0 Å². The first-order valence-electron chi connectivity index (χ1n) is 2.70. The average Bonchev–Trinajstić information content (AvgIpc) is 1.82. The van der Waals surface area contributed by atoms with Crippen LogP contribution >= 0.6 is 0 Å². The summed E-state index contributed by atoms with van der Waals surface area (Å²) in [5.41, 5.74) is 4.91. The van der Waals surface area contributed by atoms with Crippen molar-refractivity contribution < 1.29 is 121 Å². The molecule has 0 spiro atoms. The predicted molar refractivity (Wildman–Crippen MR) is 27.2 cm³/mol. The predicted octanol–water partition coefficient (Wildman–Crippen LogP) is -15.4. The number of carbonyl (C=O) groups is 2. The van der Waals surface area contributed by atoms with Crippen LogP contribution in [0.5, 0.6) is 0 Å². The molecule has 9 heteroatoms. The van der Waals surface area contributed by atoms with Crippen LogP contribution in [0.1, 0.15) is 12.8 Å². The zero-order valence-corrected chi connectivity index (χ0v) is 15.3. The van der Waals surface area contributed by atoms with Gasteiger partial charge in [0.1, 0.15) is 0 Å². The Bertz CT molecular complexity index is 160. The van der Waals surface area contributed by atoms with E-state index in [4.69, 9.17) is 5.73 Å². The van der Waals surface area contributed by atoms with Gasteiger partial charge in [-0.05, 0) is 12.8 Å². The summed E-state index contributed by atoms with van der Waals surface area (Å²) in [6, 6.07) is -1.21. The molecule has 0 radical (unpaired) electrons. The van der Waals surface area contributed by atoms with E-state index in [-0.39, 0.29) is 114 Å². The topological polar surface area (TPSA) is 106 Å². The minimum absolute atomic E-state index is 0. The molecule has 1 atom stereocenters. The number of carbonyl (C=O) groups excluding carboxylic acids is 2. The van der Waals surface area contributed by atoms with Crippen LogP contribution in [-0.2, 0) is 9.59 Å². The maximum atomic E-state index is 9.86. The van der Waals surface area contributed by atoms with Crippen molar-refractivity contribution >= 4 is 11.9 Å². The van der Waals surface area contributed by atoms with Gasteiger partial charge in [0.2, 0.25) is 0 Å². The number of carboxylic acids is 2. The molecule has 0 amide bonds. The number of aliphatic carboxylic acids is 2. The second-order valence-electron chi connectivity index (χ2n) is 1.84. The second-order valence-corrected chi connectivity index (χ2v) is 1.84. The molecule has 0 aliphatic heterocycles. The summed E-state index contributed by atoms with van der Waals surface area (Å²) in [5.74, 6) is -2.75. The molecule has 0 rings (SSSR count). The molecule has 5 nitrogen and oxygen atoms in total. The van der Waals surface area contributed by atoms with Crippen LogP contribution in [-0.4, -0.2) is 18.0 Å². The zero-order chi connectivity index (χ0) is 8.15. The van der Waals surface area contributed by atoms with Crippen LogP contribution in [0.2, 0.25) is 0 Å². The van der Waals surface area contributed by atoms with Gasteiger partial charge in [0.25, 0.3) is 0 Å². The van der Waals surface area contributed by atoms with Crippen molar-refractivity contribution in [1.29, 1.82) is 0 Å². The summed E-state index contributed by atoms with van der Waals surface area (Å²) in [6.45, 7) is 0. The fourth-order valence-corrected chi connectivity index (χ4v) is 0.391. The zero-order valence-electron chi connectivity index (χ0n) is 8.58. The van der Waals surface area contributed by atoms with Gasteiger partial charge in [-0.15, -0.1) is 0 Å². The van der Waals surface area contributed by atoms with Crippen LogP contribution in [0.15, 0.2) is 0 Å². The minimum atomic E-state index is -1.44. The Kier molecular flexibility index (Phi) is 37.5. The molecule has 0 saturated carbocycles. The summed E-state index contributed by atoms with van der Waals surface area (Å²) in [4.78, 5) is 19.6. The molecular formula is C5H7ClNNa3O4. The first-order valence-corrected chi connectivity index (χ1v) is 2.70. The van der Waals surface area contributed by atoms with Crippen LogP contribution in [0, 0.1) is 0 Å². The van der Waals surface area contributed by atoms with Gasteiger partial charge < -0.3 is 37.9 Å². The second kappa shape index (κ2) is 17.6. The third-order valence-corrected chi connectivity index (χ3v) is 0.962. The summed E-state index contributed by atoms with van der Waals surface area (Å²) < 4.78 is 0. The molecule has 0 fully saturated rings. The molecule has 0 saturated heterocycles. The molecule has 2 N–H and O–H groups in total. The van der Waals surface area contributed by atoms with Crippen molar-refractivity contribution in [1.82, 2.24) is 0 Å². The van der Waals surface area contributed by atoms with Gasteiger partial charge >= 0.3 is 88.7 Å². The molecule has 0 aromatic heterocycles. The normalized spacial score (nSPS) is 8.93. The Morgan fingerprint density at radius 3 is 1.71 bits per heavy atom. The first-order chi connectivity index (χ1) is 4.54. The number of hydrogen-bond donors (Lipinski definition) is 1. The van der Waals surface area contributed by atoms with E-state index in [0.717, 1.165) is 0 Å². The van der Waals surface area contributed by atoms with Gasteiger partial charge in [-0.25, -0.2) is 0 Å². The number of halogens is 1. The maximum Gasteiger partial charge on any atom is 1.00 e. The summed E-state index contributed by atoms with van der Waals surface area (Å²) >= 11 is 0. The molecule has 0 bridgehead atoms. The van der Waals surface area contributed by atoms with Crippen molar-refractivity contribution in [3.8, 4) is 0 Å². The van der Waals surface area contributed by atoms with E-state index in [2.05, 4.69) is 0 Å². The standard InChI is InChI=1S/C5H9NO4.ClH.3Na/c6-3(5(9)10)1-2-4(7)8;;;;/h3H,1-2,6H2,(H,7,8)(H,9,10);1H;;;/q;;3*+1/p-3/t3-;;;;/m0..../s1. The monoisotopic (exact) mass is 249 g/mol. The summed E-state index contributed by atoms with van der Waals surface area (Å²) in [7, 11) is 0. The smallest absolute Gasteiger partial charge is 1.00 e.